The molecule has 0 aliphatic carbocycles. The average Bonchev–Trinajstić information content (AvgIpc) is 0.749. The number of amides is 6. The largest absolute Gasteiger partial charge is 0.516 e. The zero-order chi connectivity index (χ0) is 86.8. The lowest BCUT2D eigenvalue weighted by Crippen LogP contribution is -2.60. The van der Waals surface area contributed by atoms with Crippen molar-refractivity contribution in [3.63, 3.8) is 0 Å². The van der Waals surface area contributed by atoms with Gasteiger partial charge in [0.2, 0.25) is 53.4 Å². The first-order valence-electron chi connectivity index (χ1n) is 37.5. The third kappa shape index (κ3) is 32.3. The topological polar surface area (TPSA) is 548 Å². The SMILES string of the molecule is Cc1ccc(S(=O)(=O)NC(N)=NCCC[C@H](NC(=O)[C@H](C)NC(=O)OC(C)(C)C)C(=O)N[C@@H](CCCN=C(N)NS(=O)(=O)c2ccc(C)cc2)C(=O)N[C@@H](CCCN=C(N)NS(=O)(=O)c2ccc(C)cc2)C(=O)N[C@@H](C)C(=O)N[C@@H](CCCN=C(N)NS(=O)(=O)c2ccc(C)cc2)C(=O)O[Si](CC(C)C)(C(C)(C)C)C(C)(C)C)cc1. The molecule has 0 aliphatic heterocycles. The van der Waals surface area contributed by atoms with Gasteiger partial charge in [0, 0.05) is 26.2 Å². The quantitative estimate of drug-likeness (QED) is 0.0125. The lowest BCUT2D eigenvalue weighted by molar-refractivity contribution is -0.141. The van der Waals surface area contributed by atoms with E-state index < -0.39 is 166 Å². The molecule has 0 aliphatic rings. The Morgan fingerprint density at radius 2 is 0.617 bits per heavy atom. The van der Waals surface area contributed by atoms with Gasteiger partial charge in [0.05, 0.1) is 19.6 Å². The lowest BCUT2D eigenvalue weighted by atomic mass is 10.0. The number of carbonyl (C=O) groups excluding carboxylic acids is 7. The first-order chi connectivity index (χ1) is 53.2. The monoisotopic (exact) mass is 1700 g/mol. The number of nitrogens with two attached hydrogens (primary N) is 4. The number of guanidine groups is 4. The number of nitrogens with one attached hydrogen (secondary N) is 10. The summed E-state index contributed by atoms with van der Waals surface area (Å²) in [4.78, 5) is 118. The second kappa shape index (κ2) is 42.6. The van der Waals surface area contributed by atoms with Crippen LogP contribution >= 0.6 is 0 Å². The summed E-state index contributed by atoms with van der Waals surface area (Å²) >= 11 is 0. The second-order valence-electron chi connectivity index (χ2n) is 31.5. The summed E-state index contributed by atoms with van der Waals surface area (Å²) in [5.74, 6) is -7.75. The van der Waals surface area contributed by atoms with Gasteiger partial charge in [-0.25, -0.2) is 57.4 Å². The van der Waals surface area contributed by atoms with Crippen molar-refractivity contribution in [2.24, 2.45) is 48.8 Å². The number of hydrogen-bond donors (Lipinski definition) is 14. The molecule has 0 fully saturated rings. The Hall–Kier alpha value is -9.93. The van der Waals surface area contributed by atoms with Crippen LogP contribution in [0.1, 0.15) is 164 Å². The molecule has 4 aromatic carbocycles. The van der Waals surface area contributed by atoms with E-state index in [1.54, 1.807) is 97.0 Å². The fraction of sp³-hybridized carbons (Fsp3) is 0.533. The van der Waals surface area contributed by atoms with Crippen LogP contribution in [-0.2, 0) is 78.0 Å². The van der Waals surface area contributed by atoms with Crippen molar-refractivity contribution in [2.45, 2.75) is 247 Å². The minimum atomic E-state index is -4.25. The van der Waals surface area contributed by atoms with Gasteiger partial charge in [0.1, 0.15) is 41.9 Å². The fourth-order valence-electron chi connectivity index (χ4n) is 11.8. The molecule has 18 N–H and O–H groups in total. The van der Waals surface area contributed by atoms with Crippen LogP contribution in [0.15, 0.2) is 137 Å². The number of sulfonamides is 4. The Bertz CT molecular complexity index is 4600. The summed E-state index contributed by atoms with van der Waals surface area (Å²) < 4.78 is 127. The molecule has 0 aromatic heterocycles. The van der Waals surface area contributed by atoms with E-state index in [0.29, 0.717) is 6.04 Å². The van der Waals surface area contributed by atoms with Crippen molar-refractivity contribution in [2.75, 3.05) is 26.2 Å². The smallest absolute Gasteiger partial charge is 0.408 e. The summed E-state index contributed by atoms with van der Waals surface area (Å²) in [6.07, 6.45) is -2.50. The summed E-state index contributed by atoms with van der Waals surface area (Å²) in [5, 5.41) is 14.5. The predicted octanol–water partition coefficient (Wildman–Crippen LogP) is 4.62. The highest BCUT2D eigenvalue weighted by atomic mass is 32.2. The van der Waals surface area contributed by atoms with Crippen LogP contribution in [0.5, 0.6) is 0 Å². The maximum atomic E-state index is 15.2. The minimum absolute atomic E-state index is 0.0266. The van der Waals surface area contributed by atoms with E-state index in [1.165, 1.54) is 62.4 Å². The van der Waals surface area contributed by atoms with Gasteiger partial charge >= 0.3 is 12.1 Å². The Morgan fingerprint density at radius 3 is 0.878 bits per heavy atom. The Balaban J connectivity index is 1.80. The summed E-state index contributed by atoms with van der Waals surface area (Å²) in [7, 11) is -20.1. The number of ether oxygens (including phenoxy) is 1. The molecular weight excluding hydrogens is 1580 g/mol. The highest BCUT2D eigenvalue weighted by Crippen LogP contribution is 2.55. The highest BCUT2D eigenvalue weighted by molar-refractivity contribution is 7.91. The zero-order valence-electron chi connectivity index (χ0n) is 68.6. The molecule has 0 bridgehead atoms. The van der Waals surface area contributed by atoms with Crippen LogP contribution in [-0.4, -0.2) is 175 Å². The molecule has 6 amide bonds. The van der Waals surface area contributed by atoms with E-state index in [9.17, 15) is 62.4 Å². The zero-order valence-corrected chi connectivity index (χ0v) is 72.9. The van der Waals surface area contributed by atoms with E-state index in [2.05, 4.69) is 70.8 Å². The molecule has 638 valence electrons. The number of alkyl carbamates (subject to hydrolysis) is 1. The number of nitrogens with zero attached hydrogens (tertiary/aromatic N) is 4. The predicted molar refractivity (Wildman–Crippen MR) is 444 cm³/mol. The van der Waals surface area contributed by atoms with Gasteiger partial charge in [-0.3, -0.25) is 48.7 Å². The van der Waals surface area contributed by atoms with Crippen molar-refractivity contribution in [3.8, 4) is 0 Å². The van der Waals surface area contributed by atoms with Gasteiger partial charge in [-0.15, -0.1) is 0 Å². The molecule has 0 unspecified atom stereocenters. The maximum absolute atomic E-state index is 15.2. The number of carbonyl (C=O) groups is 7. The van der Waals surface area contributed by atoms with Crippen LogP contribution in [0.4, 0.5) is 4.79 Å². The number of benzene rings is 4. The minimum Gasteiger partial charge on any atom is -0.516 e. The van der Waals surface area contributed by atoms with E-state index >= 15 is 4.79 Å². The van der Waals surface area contributed by atoms with Gasteiger partial charge in [-0.05, 0) is 184 Å². The molecule has 115 heavy (non-hydrogen) atoms. The van der Waals surface area contributed by atoms with Gasteiger partial charge in [0.25, 0.3) is 48.4 Å². The number of aryl methyl sites for hydroxylation is 4. The van der Waals surface area contributed by atoms with Crippen LogP contribution in [0, 0.1) is 33.6 Å². The summed E-state index contributed by atoms with van der Waals surface area (Å²) in [6, 6.07) is 14.9. The maximum Gasteiger partial charge on any atom is 0.408 e. The Morgan fingerprint density at radius 1 is 0.374 bits per heavy atom. The molecule has 4 aromatic rings. The standard InChI is InChI=1S/C75H118N18O17S4Si/c1-47(2)46-115(74(12,13)14,75(15,16)17)110-67(99)61(25-21-45-83-71(79)93-114(107,108)57-40-32-51(6)33-41-57)89-62(94)52(7)84-64(96)58(22-18-42-80-68(76)90-111(101,102)54-34-26-48(3)27-35-54)87-66(98)60(24-20-44-82-70(78)92-113(105,106)56-38-30-50(5)31-39-56)88-65(97)59(86-63(95)53(8)85-72(100)109-73(9,10)11)23-19-43-81-69(77)91-112(103,104)55-36-28-49(4)29-37-55/h26-41,47,52-53,58-61H,18-25,42-46H2,1-17H3,(H,84,96)(H,85,100)(H,86,95)(H,87,98)(H,88,97)(H,89,94)(H3,76,80,90)(H3,77,81,91)(H3,78,82,92)(H3,79,83,93)/t52-,53-,58-,59-,60-,61-/m0/s1. The van der Waals surface area contributed by atoms with Gasteiger partial charge in [-0.2, -0.15) is 0 Å². The molecule has 0 heterocycles. The molecule has 0 radical (unpaired) electrons. The van der Waals surface area contributed by atoms with E-state index in [0.717, 1.165) is 22.3 Å². The van der Waals surface area contributed by atoms with Gasteiger partial charge in [0.15, 0.2) is 0 Å². The first-order valence-corrected chi connectivity index (χ1v) is 45.5. The average molecular weight is 1700 g/mol. The second-order valence-corrected chi connectivity index (χ2v) is 43.5. The third-order valence-corrected chi connectivity index (χ3v) is 30.1. The van der Waals surface area contributed by atoms with E-state index in [4.69, 9.17) is 32.1 Å². The molecule has 4 rings (SSSR count). The fourth-order valence-corrected chi connectivity index (χ4v) is 21.4. The van der Waals surface area contributed by atoms with Gasteiger partial charge in [-0.1, -0.05) is 126 Å². The molecule has 40 heteroatoms. The first kappa shape index (κ1) is 97.4. The molecule has 6 atom stereocenters. The molecule has 35 nitrogen and oxygen atoms in total. The third-order valence-electron chi connectivity index (χ3n) is 17.8. The molecule has 0 spiro atoms. The number of rotatable bonds is 39. The molecule has 0 saturated heterocycles. The van der Waals surface area contributed by atoms with E-state index in [-0.39, 0.29) is 103 Å². The van der Waals surface area contributed by atoms with Crippen LogP contribution < -0.4 is 73.7 Å². The van der Waals surface area contributed by atoms with Crippen molar-refractivity contribution in [1.82, 2.24) is 50.8 Å². The summed E-state index contributed by atoms with van der Waals surface area (Å²) in [5.41, 5.74) is 26.5. The molecule has 0 saturated carbocycles. The normalized spacial score (nSPS) is 14.6. The summed E-state index contributed by atoms with van der Waals surface area (Å²) in [6.45, 7) is 29.5. The van der Waals surface area contributed by atoms with Crippen LogP contribution in [0.3, 0.4) is 0 Å². The van der Waals surface area contributed by atoms with Crippen LogP contribution in [0.2, 0.25) is 16.1 Å². The van der Waals surface area contributed by atoms with Crippen molar-refractivity contribution in [3.05, 3.63) is 119 Å². The van der Waals surface area contributed by atoms with Gasteiger partial charge < -0.3 is 64.0 Å². The number of aliphatic imine (C=N–C) groups is 4. The molecular formula is C75H118N18O17S4Si. The van der Waals surface area contributed by atoms with Crippen molar-refractivity contribution in [1.29, 1.82) is 0 Å². The van der Waals surface area contributed by atoms with Crippen molar-refractivity contribution < 1.29 is 76.4 Å². The van der Waals surface area contributed by atoms with Crippen LogP contribution in [0.25, 0.3) is 0 Å². The Kier molecular flexibility index (Phi) is 36.1. The van der Waals surface area contributed by atoms with Crippen molar-refractivity contribution >= 4 is 114 Å². The highest BCUT2D eigenvalue weighted by Gasteiger charge is 2.58. The number of hydrogen-bond acceptors (Lipinski definition) is 21. The Labute approximate surface area is 678 Å². The lowest BCUT2D eigenvalue weighted by Gasteiger charge is -2.51. The van der Waals surface area contributed by atoms with E-state index in [1.807, 2.05) is 55.4 Å².